The number of hydrogen-bond donors (Lipinski definition) is 1. The van der Waals surface area contributed by atoms with E-state index >= 15 is 0 Å². The summed E-state index contributed by atoms with van der Waals surface area (Å²) in [6, 6.07) is 15.9. The highest BCUT2D eigenvalue weighted by molar-refractivity contribution is 6.17. The quantitative estimate of drug-likeness (QED) is 0.255. The van der Waals surface area contributed by atoms with Gasteiger partial charge in [-0.1, -0.05) is 67.5 Å². The average molecular weight is 513 g/mol. The van der Waals surface area contributed by atoms with E-state index in [2.05, 4.69) is 17.5 Å². The third-order valence-corrected chi connectivity index (χ3v) is 6.30. The molecule has 0 saturated heterocycles. The number of benzene rings is 2. The summed E-state index contributed by atoms with van der Waals surface area (Å²) in [5.74, 6) is 0.501. The molecule has 0 spiro atoms. The molecule has 194 valence electrons. The van der Waals surface area contributed by atoms with Crippen molar-refractivity contribution in [1.29, 1.82) is 0 Å². The first-order chi connectivity index (χ1) is 17.7. The van der Waals surface area contributed by atoms with Crippen LogP contribution in [0.3, 0.4) is 0 Å². The average Bonchev–Trinajstić information content (AvgIpc) is 2.89. The van der Waals surface area contributed by atoms with Gasteiger partial charge in [0.2, 0.25) is 11.8 Å². The van der Waals surface area contributed by atoms with Crippen molar-refractivity contribution in [2.24, 2.45) is 0 Å². The van der Waals surface area contributed by atoms with Gasteiger partial charge in [0.25, 0.3) is 0 Å². The van der Waals surface area contributed by atoms with Crippen LogP contribution in [0.4, 0.5) is 5.69 Å². The molecule has 0 atom stereocenters. The summed E-state index contributed by atoms with van der Waals surface area (Å²) in [5.41, 5.74) is 4.01. The Bertz CT molecular complexity index is 995. The number of carbonyl (C=O) groups is 2. The molecule has 36 heavy (non-hydrogen) atoms. The summed E-state index contributed by atoms with van der Waals surface area (Å²) < 4.78 is 11.0. The van der Waals surface area contributed by atoms with E-state index < -0.39 is 0 Å². The van der Waals surface area contributed by atoms with E-state index in [9.17, 15) is 9.59 Å². The van der Waals surface area contributed by atoms with Crippen LogP contribution in [0, 0.1) is 0 Å². The Morgan fingerprint density at radius 2 is 1.50 bits per heavy atom. The van der Waals surface area contributed by atoms with Gasteiger partial charge < -0.3 is 19.7 Å². The maximum atomic E-state index is 13.2. The van der Waals surface area contributed by atoms with Gasteiger partial charge in [0.05, 0.1) is 32.1 Å². The van der Waals surface area contributed by atoms with Crippen molar-refractivity contribution in [3.63, 3.8) is 0 Å². The van der Waals surface area contributed by atoms with Gasteiger partial charge in [0.1, 0.15) is 0 Å². The van der Waals surface area contributed by atoms with Crippen LogP contribution < -0.4 is 10.2 Å². The number of hydrogen-bond acceptors (Lipinski definition) is 4. The normalized spacial score (nSPS) is 13.3. The van der Waals surface area contributed by atoms with Crippen LogP contribution in [0.15, 0.2) is 48.5 Å². The van der Waals surface area contributed by atoms with E-state index in [0.29, 0.717) is 32.9 Å². The van der Waals surface area contributed by atoms with Gasteiger partial charge in [-0.2, -0.15) is 0 Å². The van der Waals surface area contributed by atoms with Crippen molar-refractivity contribution in [2.45, 2.75) is 45.1 Å². The molecule has 2 aromatic rings. The predicted molar refractivity (Wildman–Crippen MR) is 146 cm³/mol. The molecule has 0 unspecified atom stereocenters. The lowest BCUT2D eigenvalue weighted by Crippen LogP contribution is -2.33. The van der Waals surface area contributed by atoms with E-state index in [-0.39, 0.29) is 24.7 Å². The van der Waals surface area contributed by atoms with Crippen LogP contribution in [0.5, 0.6) is 0 Å². The topological polar surface area (TPSA) is 67.9 Å². The molecule has 1 aliphatic rings. The SMILES string of the molecule is O=C(CCC(=O)N1Cc2ccccc2/C=C\c2ccccc21)NCCOCCOCCCCCCCl. The number of nitrogens with zero attached hydrogens (tertiary/aromatic N) is 1. The van der Waals surface area contributed by atoms with Gasteiger partial charge in [0, 0.05) is 31.9 Å². The molecule has 7 heteroatoms. The minimum atomic E-state index is -0.152. The van der Waals surface area contributed by atoms with Gasteiger partial charge in [-0.25, -0.2) is 0 Å². The van der Waals surface area contributed by atoms with E-state index in [1.54, 1.807) is 4.90 Å². The molecule has 6 nitrogen and oxygen atoms in total. The predicted octanol–water partition coefficient (Wildman–Crippen LogP) is 5.43. The number of amides is 2. The summed E-state index contributed by atoms with van der Waals surface area (Å²) in [5, 5.41) is 2.83. The zero-order chi connectivity index (χ0) is 25.4. The first-order valence-electron chi connectivity index (χ1n) is 12.8. The molecule has 1 N–H and O–H groups in total. The second-order valence-electron chi connectivity index (χ2n) is 8.75. The maximum Gasteiger partial charge on any atom is 0.227 e. The molecule has 0 aromatic heterocycles. The fourth-order valence-corrected chi connectivity index (χ4v) is 4.24. The Morgan fingerprint density at radius 3 is 2.33 bits per heavy atom. The van der Waals surface area contributed by atoms with E-state index in [4.69, 9.17) is 21.1 Å². The highest BCUT2D eigenvalue weighted by Crippen LogP contribution is 2.29. The number of fused-ring (bicyclic) bond motifs is 2. The molecule has 0 bridgehead atoms. The number of anilines is 1. The Labute approximate surface area is 219 Å². The second-order valence-corrected chi connectivity index (χ2v) is 9.13. The summed E-state index contributed by atoms with van der Waals surface area (Å²) in [4.78, 5) is 27.3. The highest BCUT2D eigenvalue weighted by Gasteiger charge is 2.21. The molecule has 0 aliphatic carbocycles. The minimum absolute atomic E-state index is 0.0706. The summed E-state index contributed by atoms with van der Waals surface area (Å²) in [6.07, 6.45) is 8.78. The standard InChI is InChI=1S/C29H37ClN2O4/c30-17-7-1-2-8-19-35-21-22-36-20-18-31-28(33)15-16-29(34)32-23-26-11-4-3-9-24(26)13-14-25-10-5-6-12-27(25)32/h3-6,9-14H,1-2,7-8,15-23H2,(H,31,33)/b14-13-. The van der Waals surface area contributed by atoms with Crippen LogP contribution in [0.2, 0.25) is 0 Å². The summed E-state index contributed by atoms with van der Waals surface area (Å²) in [7, 11) is 0. The Hall–Kier alpha value is -2.67. The molecule has 2 aromatic carbocycles. The number of alkyl halides is 1. The molecular weight excluding hydrogens is 476 g/mol. The number of ether oxygens (including phenoxy) is 2. The van der Waals surface area contributed by atoms with Crippen molar-refractivity contribution < 1.29 is 19.1 Å². The van der Waals surface area contributed by atoms with Crippen LogP contribution in [0.25, 0.3) is 12.2 Å². The molecule has 0 saturated carbocycles. The first-order valence-corrected chi connectivity index (χ1v) is 13.4. The van der Waals surface area contributed by atoms with Crippen molar-refractivity contribution in [3.8, 4) is 0 Å². The lowest BCUT2D eigenvalue weighted by molar-refractivity contribution is -0.125. The largest absolute Gasteiger partial charge is 0.379 e. The number of unbranched alkanes of at least 4 members (excludes halogenated alkanes) is 3. The van der Waals surface area contributed by atoms with Crippen LogP contribution in [-0.4, -0.2) is 50.7 Å². The Balaban J connectivity index is 1.36. The Morgan fingerprint density at radius 1 is 0.806 bits per heavy atom. The third kappa shape index (κ3) is 9.41. The number of rotatable bonds is 15. The zero-order valence-electron chi connectivity index (χ0n) is 20.9. The Kier molecular flexibility index (Phi) is 12.5. The van der Waals surface area contributed by atoms with Crippen molar-refractivity contribution in [2.75, 3.05) is 43.8 Å². The van der Waals surface area contributed by atoms with E-state index in [0.717, 1.165) is 60.5 Å². The molecule has 0 radical (unpaired) electrons. The van der Waals surface area contributed by atoms with E-state index in [1.807, 2.05) is 48.5 Å². The molecule has 0 fully saturated rings. The maximum absolute atomic E-state index is 13.2. The van der Waals surface area contributed by atoms with Gasteiger partial charge in [-0.05, 0) is 35.6 Å². The van der Waals surface area contributed by atoms with Crippen LogP contribution in [0.1, 0.15) is 55.2 Å². The number of halogens is 1. The molecule has 2 amide bonds. The second kappa shape index (κ2) is 16.1. The van der Waals surface area contributed by atoms with Crippen molar-refractivity contribution >= 4 is 41.3 Å². The lowest BCUT2D eigenvalue weighted by Gasteiger charge is -2.27. The summed E-state index contributed by atoms with van der Waals surface area (Å²) in [6.45, 7) is 3.09. The minimum Gasteiger partial charge on any atom is -0.379 e. The number of carbonyl (C=O) groups excluding carboxylic acids is 2. The van der Waals surface area contributed by atoms with Crippen LogP contribution in [-0.2, 0) is 25.6 Å². The lowest BCUT2D eigenvalue weighted by atomic mass is 10.0. The fourth-order valence-electron chi connectivity index (χ4n) is 4.05. The van der Waals surface area contributed by atoms with Crippen molar-refractivity contribution in [1.82, 2.24) is 5.32 Å². The van der Waals surface area contributed by atoms with Gasteiger partial charge >= 0.3 is 0 Å². The van der Waals surface area contributed by atoms with Crippen molar-refractivity contribution in [3.05, 3.63) is 65.2 Å². The van der Waals surface area contributed by atoms with Gasteiger partial charge in [-0.15, -0.1) is 11.6 Å². The third-order valence-electron chi connectivity index (χ3n) is 6.03. The molecular formula is C29H37ClN2O4. The molecule has 1 aliphatic heterocycles. The zero-order valence-corrected chi connectivity index (χ0v) is 21.7. The van der Waals surface area contributed by atoms with Crippen LogP contribution >= 0.6 is 11.6 Å². The van der Waals surface area contributed by atoms with Gasteiger partial charge in [-0.3, -0.25) is 9.59 Å². The first kappa shape index (κ1) is 27.9. The molecule has 3 rings (SSSR count). The van der Waals surface area contributed by atoms with Gasteiger partial charge in [0.15, 0.2) is 0 Å². The highest BCUT2D eigenvalue weighted by atomic mass is 35.5. The smallest absolute Gasteiger partial charge is 0.227 e. The molecule has 1 heterocycles. The monoisotopic (exact) mass is 512 g/mol. The fraction of sp³-hybridized carbons (Fsp3) is 0.448. The summed E-state index contributed by atoms with van der Waals surface area (Å²) >= 11 is 5.66. The number of para-hydroxylation sites is 1. The number of nitrogens with one attached hydrogen (secondary N) is 1. The van der Waals surface area contributed by atoms with E-state index in [1.165, 1.54) is 0 Å².